The highest BCUT2D eigenvalue weighted by atomic mass is 16.2. The van der Waals surface area contributed by atoms with Crippen molar-refractivity contribution in [2.24, 2.45) is 10.7 Å². The van der Waals surface area contributed by atoms with Crippen molar-refractivity contribution in [2.75, 3.05) is 6.54 Å². The van der Waals surface area contributed by atoms with Crippen molar-refractivity contribution < 1.29 is 4.79 Å². The molecule has 0 unspecified atom stereocenters. The zero-order chi connectivity index (χ0) is 13.2. The minimum atomic E-state index is -0.626. The third kappa shape index (κ3) is 5.83. The number of amides is 2. The number of nitrogens with two attached hydrogens (primary N) is 1. The van der Waals surface area contributed by atoms with Gasteiger partial charge in [0.2, 0.25) is 0 Å². The number of urea groups is 1. The standard InChI is InChI=1S/C12H19N5O/c1-2-3-7-15-12(17-11(13)18)16-9-10-6-4-5-8-14-10/h4-6,8H,2-3,7,9H2,1H3,(H4,13,15,16,17,18). The summed E-state index contributed by atoms with van der Waals surface area (Å²) in [5, 5.41) is 5.49. The number of primary amides is 1. The molecule has 1 heterocycles. The molecule has 0 fully saturated rings. The Labute approximate surface area is 107 Å². The maximum Gasteiger partial charge on any atom is 0.318 e. The highest BCUT2D eigenvalue weighted by Crippen LogP contribution is 1.95. The average Bonchev–Trinajstić information content (AvgIpc) is 2.37. The van der Waals surface area contributed by atoms with Gasteiger partial charge in [0.25, 0.3) is 0 Å². The van der Waals surface area contributed by atoms with Gasteiger partial charge in [0.05, 0.1) is 12.2 Å². The summed E-state index contributed by atoms with van der Waals surface area (Å²) in [5.41, 5.74) is 5.91. The van der Waals surface area contributed by atoms with Crippen LogP contribution in [0.25, 0.3) is 0 Å². The summed E-state index contributed by atoms with van der Waals surface area (Å²) in [4.78, 5) is 19.2. The lowest BCUT2D eigenvalue weighted by molar-refractivity contribution is 0.253. The summed E-state index contributed by atoms with van der Waals surface area (Å²) in [5.74, 6) is 0.390. The van der Waals surface area contributed by atoms with Crippen LogP contribution in [0.3, 0.4) is 0 Å². The van der Waals surface area contributed by atoms with E-state index >= 15 is 0 Å². The van der Waals surface area contributed by atoms with E-state index in [4.69, 9.17) is 5.73 Å². The van der Waals surface area contributed by atoms with Crippen LogP contribution in [0.4, 0.5) is 4.79 Å². The number of aromatic nitrogens is 1. The van der Waals surface area contributed by atoms with Crippen molar-refractivity contribution in [1.29, 1.82) is 0 Å². The molecule has 1 aromatic rings. The second-order valence-electron chi connectivity index (χ2n) is 3.76. The Hall–Kier alpha value is -2.11. The first-order chi connectivity index (χ1) is 8.72. The molecule has 6 heteroatoms. The number of nitrogens with one attached hydrogen (secondary N) is 2. The van der Waals surface area contributed by atoms with Gasteiger partial charge < -0.3 is 11.1 Å². The first kappa shape index (κ1) is 14.0. The van der Waals surface area contributed by atoms with Crippen LogP contribution in [0, 0.1) is 0 Å². The number of aliphatic imine (C=N–C) groups is 1. The maximum atomic E-state index is 10.8. The number of carbonyl (C=O) groups is 1. The monoisotopic (exact) mass is 249 g/mol. The van der Waals surface area contributed by atoms with Gasteiger partial charge >= 0.3 is 6.03 Å². The minimum Gasteiger partial charge on any atom is -0.356 e. The molecule has 0 atom stereocenters. The fourth-order valence-electron chi connectivity index (χ4n) is 1.29. The summed E-state index contributed by atoms with van der Waals surface area (Å²) >= 11 is 0. The maximum absolute atomic E-state index is 10.8. The lowest BCUT2D eigenvalue weighted by atomic mass is 10.3. The summed E-state index contributed by atoms with van der Waals surface area (Å²) in [7, 11) is 0. The number of rotatable bonds is 5. The van der Waals surface area contributed by atoms with Gasteiger partial charge in [-0.2, -0.15) is 0 Å². The first-order valence-corrected chi connectivity index (χ1v) is 5.97. The number of hydrogen-bond acceptors (Lipinski definition) is 3. The van der Waals surface area contributed by atoms with E-state index in [2.05, 4.69) is 27.5 Å². The van der Waals surface area contributed by atoms with Crippen LogP contribution >= 0.6 is 0 Å². The Morgan fingerprint density at radius 1 is 1.50 bits per heavy atom. The molecule has 0 aromatic carbocycles. The smallest absolute Gasteiger partial charge is 0.318 e. The molecule has 0 aliphatic rings. The van der Waals surface area contributed by atoms with Gasteiger partial charge in [-0.15, -0.1) is 0 Å². The first-order valence-electron chi connectivity index (χ1n) is 5.97. The molecule has 18 heavy (non-hydrogen) atoms. The molecule has 98 valence electrons. The van der Waals surface area contributed by atoms with E-state index in [-0.39, 0.29) is 0 Å². The molecular formula is C12H19N5O. The van der Waals surface area contributed by atoms with E-state index in [0.717, 1.165) is 25.1 Å². The van der Waals surface area contributed by atoms with Gasteiger partial charge in [0, 0.05) is 12.7 Å². The molecule has 1 rings (SSSR count). The van der Waals surface area contributed by atoms with E-state index in [1.807, 2.05) is 18.2 Å². The van der Waals surface area contributed by atoms with Crippen LogP contribution in [-0.2, 0) is 6.54 Å². The lowest BCUT2D eigenvalue weighted by Crippen LogP contribution is -2.44. The predicted molar refractivity (Wildman–Crippen MR) is 71.0 cm³/mol. The molecule has 0 saturated heterocycles. The van der Waals surface area contributed by atoms with E-state index < -0.39 is 6.03 Å². The number of carbonyl (C=O) groups excluding carboxylic acids is 1. The van der Waals surface area contributed by atoms with Crippen molar-refractivity contribution in [3.8, 4) is 0 Å². The molecule has 0 saturated carbocycles. The largest absolute Gasteiger partial charge is 0.356 e. The normalized spacial score (nSPS) is 11.1. The van der Waals surface area contributed by atoms with Gasteiger partial charge in [-0.05, 0) is 18.6 Å². The van der Waals surface area contributed by atoms with Crippen LogP contribution < -0.4 is 16.4 Å². The van der Waals surface area contributed by atoms with Crippen molar-refractivity contribution in [2.45, 2.75) is 26.3 Å². The van der Waals surface area contributed by atoms with Crippen molar-refractivity contribution in [3.05, 3.63) is 30.1 Å². The Morgan fingerprint density at radius 3 is 2.94 bits per heavy atom. The summed E-state index contributed by atoms with van der Waals surface area (Å²) in [6.07, 6.45) is 3.77. The molecule has 2 amide bonds. The van der Waals surface area contributed by atoms with Gasteiger partial charge in [-0.3, -0.25) is 10.3 Å². The Balaban J connectivity index is 2.55. The van der Waals surface area contributed by atoms with Crippen LogP contribution in [0.15, 0.2) is 29.4 Å². The lowest BCUT2D eigenvalue weighted by Gasteiger charge is -2.09. The molecular weight excluding hydrogens is 230 g/mol. The summed E-state index contributed by atoms with van der Waals surface area (Å²) in [6, 6.07) is 4.98. The Morgan fingerprint density at radius 2 is 2.33 bits per heavy atom. The zero-order valence-corrected chi connectivity index (χ0v) is 10.5. The topological polar surface area (TPSA) is 92.4 Å². The number of pyridine rings is 1. The molecule has 0 spiro atoms. The third-order valence-corrected chi connectivity index (χ3v) is 2.19. The average molecular weight is 249 g/mol. The molecule has 4 N–H and O–H groups in total. The van der Waals surface area contributed by atoms with Crippen molar-refractivity contribution >= 4 is 12.0 Å². The van der Waals surface area contributed by atoms with Crippen LogP contribution in [0.2, 0.25) is 0 Å². The molecule has 6 nitrogen and oxygen atoms in total. The zero-order valence-electron chi connectivity index (χ0n) is 10.5. The predicted octanol–water partition coefficient (Wildman–Crippen LogP) is 0.996. The number of unbranched alkanes of at least 4 members (excludes halogenated alkanes) is 1. The van der Waals surface area contributed by atoms with Gasteiger partial charge in [0.1, 0.15) is 0 Å². The Kier molecular flexibility index (Phi) is 6.24. The van der Waals surface area contributed by atoms with E-state index in [1.165, 1.54) is 0 Å². The highest BCUT2D eigenvalue weighted by molar-refractivity contribution is 5.95. The molecule has 0 radical (unpaired) electrons. The van der Waals surface area contributed by atoms with Gasteiger partial charge in [0.15, 0.2) is 5.96 Å². The molecule has 0 aliphatic carbocycles. The van der Waals surface area contributed by atoms with E-state index in [9.17, 15) is 4.79 Å². The number of guanidine groups is 1. The van der Waals surface area contributed by atoms with Crippen LogP contribution in [0.1, 0.15) is 25.5 Å². The van der Waals surface area contributed by atoms with Crippen LogP contribution in [-0.4, -0.2) is 23.5 Å². The number of hydrogen-bond donors (Lipinski definition) is 3. The molecule has 1 aromatic heterocycles. The quantitative estimate of drug-likeness (QED) is 0.413. The molecule has 0 aliphatic heterocycles. The SMILES string of the molecule is CCCCNC(=NCc1ccccn1)NC(N)=O. The fraction of sp³-hybridized carbons (Fsp3) is 0.417. The second-order valence-corrected chi connectivity index (χ2v) is 3.76. The van der Waals surface area contributed by atoms with Gasteiger partial charge in [-0.25, -0.2) is 9.79 Å². The number of nitrogens with zero attached hydrogens (tertiary/aromatic N) is 2. The fourth-order valence-corrected chi connectivity index (χ4v) is 1.29. The summed E-state index contributed by atoms with van der Waals surface area (Å²) < 4.78 is 0. The molecule has 0 bridgehead atoms. The third-order valence-electron chi connectivity index (χ3n) is 2.19. The van der Waals surface area contributed by atoms with Gasteiger partial charge in [-0.1, -0.05) is 19.4 Å². The van der Waals surface area contributed by atoms with Crippen molar-refractivity contribution in [1.82, 2.24) is 15.6 Å². The Bertz CT molecular complexity index is 391. The van der Waals surface area contributed by atoms with Crippen LogP contribution in [0.5, 0.6) is 0 Å². The summed E-state index contributed by atoms with van der Waals surface area (Å²) in [6.45, 7) is 3.24. The highest BCUT2D eigenvalue weighted by Gasteiger charge is 2.01. The van der Waals surface area contributed by atoms with E-state index in [0.29, 0.717) is 12.5 Å². The van der Waals surface area contributed by atoms with E-state index in [1.54, 1.807) is 6.20 Å². The van der Waals surface area contributed by atoms with Crippen molar-refractivity contribution in [3.63, 3.8) is 0 Å². The minimum absolute atomic E-state index is 0.390. The second kappa shape index (κ2) is 8.05.